The van der Waals surface area contributed by atoms with E-state index in [0.717, 1.165) is 23.9 Å². The maximum Gasteiger partial charge on any atom is 0.255 e. The highest BCUT2D eigenvalue weighted by Crippen LogP contribution is 2.20. The van der Waals surface area contributed by atoms with Crippen LogP contribution in [0, 0.1) is 6.92 Å². The van der Waals surface area contributed by atoms with Crippen molar-refractivity contribution >= 4 is 16.9 Å². The van der Waals surface area contributed by atoms with E-state index in [1.165, 1.54) is 5.56 Å². The van der Waals surface area contributed by atoms with E-state index >= 15 is 0 Å². The topological polar surface area (TPSA) is 71.1 Å². The number of nitrogens with zero attached hydrogens (tertiary/aromatic N) is 3. The molecule has 3 aromatic rings. The first-order valence-corrected chi connectivity index (χ1v) is 8.96. The molecule has 1 fully saturated rings. The zero-order chi connectivity index (χ0) is 17.9. The third kappa shape index (κ3) is 3.46. The predicted molar refractivity (Wildman–Crippen MR) is 98.8 cm³/mol. The van der Waals surface area contributed by atoms with Crippen LogP contribution in [-0.2, 0) is 11.3 Å². The summed E-state index contributed by atoms with van der Waals surface area (Å²) in [6.07, 6.45) is 3.54. The number of piperidine rings is 1. The van der Waals surface area contributed by atoms with Crippen molar-refractivity contribution in [3.05, 3.63) is 59.4 Å². The second-order valence-corrected chi connectivity index (χ2v) is 6.73. The Morgan fingerprint density at radius 2 is 2.04 bits per heavy atom. The number of likely N-dealkylation sites (tertiary alicyclic amines) is 1. The quantitative estimate of drug-likeness (QED) is 0.785. The molecule has 1 N–H and O–H groups in total. The minimum Gasteiger partial charge on any atom is -0.373 e. The van der Waals surface area contributed by atoms with Crippen molar-refractivity contribution in [1.29, 1.82) is 0 Å². The molecular formula is C20H22N4O2. The Labute approximate surface area is 152 Å². The molecule has 1 aromatic carbocycles. The molecule has 0 spiro atoms. The van der Waals surface area contributed by atoms with E-state index < -0.39 is 0 Å². The Morgan fingerprint density at radius 1 is 1.27 bits per heavy atom. The van der Waals surface area contributed by atoms with Crippen LogP contribution in [0.15, 0.2) is 42.6 Å². The molecule has 0 unspecified atom stereocenters. The van der Waals surface area contributed by atoms with Gasteiger partial charge in [-0.2, -0.15) is 5.10 Å². The van der Waals surface area contributed by atoms with Gasteiger partial charge in [-0.15, -0.1) is 0 Å². The minimum absolute atomic E-state index is 0.0292. The molecule has 1 saturated heterocycles. The molecule has 4 rings (SSSR count). The van der Waals surface area contributed by atoms with Gasteiger partial charge in [0.1, 0.15) is 0 Å². The van der Waals surface area contributed by atoms with Gasteiger partial charge in [-0.05, 0) is 31.4 Å². The summed E-state index contributed by atoms with van der Waals surface area (Å²) < 4.78 is 6.00. The van der Waals surface area contributed by atoms with Crippen molar-refractivity contribution in [2.45, 2.75) is 32.5 Å². The third-order valence-corrected chi connectivity index (χ3v) is 4.90. The molecule has 0 radical (unpaired) electrons. The zero-order valence-corrected chi connectivity index (χ0v) is 14.8. The van der Waals surface area contributed by atoms with Gasteiger partial charge in [0.15, 0.2) is 5.65 Å². The van der Waals surface area contributed by atoms with Crippen LogP contribution in [0.25, 0.3) is 11.0 Å². The largest absolute Gasteiger partial charge is 0.373 e. The van der Waals surface area contributed by atoms with Crippen LogP contribution in [0.1, 0.15) is 34.5 Å². The summed E-state index contributed by atoms with van der Waals surface area (Å²) in [6, 6.07) is 12.1. The van der Waals surface area contributed by atoms with E-state index in [1.807, 2.05) is 36.1 Å². The first-order chi connectivity index (χ1) is 12.7. The molecule has 0 atom stereocenters. The lowest BCUT2D eigenvalue weighted by Gasteiger charge is -2.32. The monoisotopic (exact) mass is 350 g/mol. The molecule has 3 heterocycles. The number of hydrogen-bond acceptors (Lipinski definition) is 4. The molecule has 0 aliphatic carbocycles. The number of aromatic amines is 1. The molecule has 0 bridgehead atoms. The normalized spacial score (nSPS) is 15.5. The first kappa shape index (κ1) is 16.7. The summed E-state index contributed by atoms with van der Waals surface area (Å²) in [5.74, 6) is 0.0292. The van der Waals surface area contributed by atoms with Crippen molar-refractivity contribution in [1.82, 2.24) is 20.1 Å². The Morgan fingerprint density at radius 3 is 2.81 bits per heavy atom. The molecule has 6 nitrogen and oxygen atoms in total. The van der Waals surface area contributed by atoms with E-state index in [-0.39, 0.29) is 12.0 Å². The number of hydrogen-bond donors (Lipinski definition) is 1. The van der Waals surface area contributed by atoms with Gasteiger partial charge in [0.2, 0.25) is 0 Å². The minimum atomic E-state index is 0.0292. The summed E-state index contributed by atoms with van der Waals surface area (Å²) in [5, 5.41) is 7.91. The highest BCUT2D eigenvalue weighted by atomic mass is 16.5. The number of benzene rings is 1. The van der Waals surface area contributed by atoms with Gasteiger partial charge in [0.05, 0.1) is 18.3 Å². The second-order valence-electron chi connectivity index (χ2n) is 6.73. The number of rotatable bonds is 4. The predicted octanol–water partition coefficient (Wildman–Crippen LogP) is 3.09. The number of fused-ring (bicyclic) bond motifs is 1. The number of ether oxygens (including phenoxy) is 1. The highest BCUT2D eigenvalue weighted by molar-refractivity contribution is 5.97. The number of carbonyl (C=O) groups excluding carboxylic acids is 1. The lowest BCUT2D eigenvalue weighted by atomic mass is 10.1. The summed E-state index contributed by atoms with van der Waals surface area (Å²) in [5.41, 5.74) is 3.37. The summed E-state index contributed by atoms with van der Waals surface area (Å²) >= 11 is 0. The molecule has 26 heavy (non-hydrogen) atoms. The molecule has 2 aromatic heterocycles. The van der Waals surface area contributed by atoms with Crippen molar-refractivity contribution in [2.24, 2.45) is 0 Å². The third-order valence-electron chi connectivity index (χ3n) is 4.90. The Kier molecular flexibility index (Phi) is 4.67. The molecule has 1 amide bonds. The van der Waals surface area contributed by atoms with Crippen LogP contribution >= 0.6 is 0 Å². The summed E-state index contributed by atoms with van der Waals surface area (Å²) in [4.78, 5) is 18.9. The standard InChI is InChI=1S/C20H22N4O2/c1-14-18-11-16(12-21-19(18)23-22-14)20(25)24-9-7-17(8-10-24)26-13-15-5-3-2-4-6-15/h2-6,11-12,17H,7-10,13H2,1H3,(H,21,22,23). The summed E-state index contributed by atoms with van der Waals surface area (Å²) in [6.45, 7) is 3.97. The highest BCUT2D eigenvalue weighted by Gasteiger charge is 2.24. The van der Waals surface area contributed by atoms with Crippen molar-refractivity contribution < 1.29 is 9.53 Å². The molecule has 6 heteroatoms. The number of nitrogens with one attached hydrogen (secondary N) is 1. The Hall–Kier alpha value is -2.73. The fraction of sp³-hybridized carbons (Fsp3) is 0.350. The number of aryl methyl sites for hydroxylation is 1. The van der Waals surface area contributed by atoms with E-state index in [0.29, 0.717) is 30.9 Å². The zero-order valence-electron chi connectivity index (χ0n) is 14.8. The smallest absolute Gasteiger partial charge is 0.255 e. The number of amides is 1. The van der Waals surface area contributed by atoms with E-state index in [2.05, 4.69) is 27.3 Å². The van der Waals surface area contributed by atoms with Crippen LogP contribution in [0.3, 0.4) is 0 Å². The molecule has 1 aliphatic heterocycles. The first-order valence-electron chi connectivity index (χ1n) is 8.96. The lowest BCUT2D eigenvalue weighted by molar-refractivity contribution is -0.000383. The van der Waals surface area contributed by atoms with Gasteiger partial charge in [0, 0.05) is 30.4 Å². The van der Waals surface area contributed by atoms with Gasteiger partial charge in [-0.25, -0.2) is 4.98 Å². The molecule has 134 valence electrons. The van der Waals surface area contributed by atoms with Gasteiger partial charge >= 0.3 is 0 Å². The SMILES string of the molecule is Cc1[nH]nc2ncc(C(=O)N3CCC(OCc4ccccc4)CC3)cc12. The average molecular weight is 350 g/mol. The Balaban J connectivity index is 1.34. The average Bonchev–Trinajstić information content (AvgIpc) is 3.07. The van der Waals surface area contributed by atoms with E-state index in [9.17, 15) is 4.79 Å². The van der Waals surface area contributed by atoms with Crippen LogP contribution < -0.4 is 0 Å². The van der Waals surface area contributed by atoms with Crippen LogP contribution in [0.2, 0.25) is 0 Å². The van der Waals surface area contributed by atoms with Crippen molar-refractivity contribution in [2.75, 3.05) is 13.1 Å². The van der Waals surface area contributed by atoms with Gasteiger partial charge < -0.3 is 9.64 Å². The maximum atomic E-state index is 12.8. The number of H-pyrrole nitrogens is 1. The van der Waals surface area contributed by atoms with Crippen LogP contribution in [-0.4, -0.2) is 45.2 Å². The van der Waals surface area contributed by atoms with E-state index in [4.69, 9.17) is 4.74 Å². The van der Waals surface area contributed by atoms with Gasteiger partial charge in [0.25, 0.3) is 5.91 Å². The Bertz CT molecular complexity index is 899. The number of carbonyl (C=O) groups is 1. The van der Waals surface area contributed by atoms with Crippen molar-refractivity contribution in [3.63, 3.8) is 0 Å². The van der Waals surface area contributed by atoms with Crippen LogP contribution in [0.5, 0.6) is 0 Å². The number of aromatic nitrogens is 3. The van der Waals surface area contributed by atoms with E-state index in [1.54, 1.807) is 6.20 Å². The summed E-state index contributed by atoms with van der Waals surface area (Å²) in [7, 11) is 0. The fourth-order valence-electron chi connectivity index (χ4n) is 3.33. The maximum absolute atomic E-state index is 12.8. The fourth-order valence-corrected chi connectivity index (χ4v) is 3.33. The lowest BCUT2D eigenvalue weighted by Crippen LogP contribution is -2.40. The molecule has 1 aliphatic rings. The van der Waals surface area contributed by atoms with Gasteiger partial charge in [-0.3, -0.25) is 9.89 Å². The van der Waals surface area contributed by atoms with Crippen LogP contribution in [0.4, 0.5) is 0 Å². The molecular weight excluding hydrogens is 328 g/mol. The molecule has 0 saturated carbocycles. The van der Waals surface area contributed by atoms with Crippen molar-refractivity contribution in [3.8, 4) is 0 Å². The second kappa shape index (κ2) is 7.25. The number of pyridine rings is 1. The van der Waals surface area contributed by atoms with Gasteiger partial charge in [-0.1, -0.05) is 30.3 Å².